The molecular formula is C26H32N6O4. The van der Waals surface area contributed by atoms with E-state index in [2.05, 4.69) is 25.8 Å². The van der Waals surface area contributed by atoms with Crippen molar-refractivity contribution in [2.75, 3.05) is 27.7 Å². The number of hydrogen-bond acceptors (Lipinski definition) is 6. The SMILES string of the molecule is CCN(C)C(=O)C1CCCC(NC(=O)c2cc(-c3ccc4c(C(=O)NC)n[nH]c4c3)cnc2OC)C1. The number of rotatable bonds is 7. The predicted molar refractivity (Wildman–Crippen MR) is 136 cm³/mol. The van der Waals surface area contributed by atoms with Gasteiger partial charge in [-0.15, -0.1) is 0 Å². The first-order chi connectivity index (χ1) is 17.4. The monoisotopic (exact) mass is 492 g/mol. The molecule has 190 valence electrons. The zero-order valence-electron chi connectivity index (χ0n) is 21.1. The number of carbonyl (C=O) groups excluding carboxylic acids is 3. The first kappa shape index (κ1) is 25.2. The lowest BCUT2D eigenvalue weighted by atomic mass is 9.84. The average molecular weight is 493 g/mol. The summed E-state index contributed by atoms with van der Waals surface area (Å²) in [6.45, 7) is 2.62. The highest BCUT2D eigenvalue weighted by Gasteiger charge is 2.30. The van der Waals surface area contributed by atoms with E-state index in [0.717, 1.165) is 30.4 Å². The standard InChI is InChI=1S/C26H32N6O4/c1-5-32(3)26(35)16-7-6-8-18(11-16)29-23(33)20-12-17(14-28-25(20)36-4)15-9-10-19-21(13-15)30-31-22(19)24(34)27-2/h9-10,12-14,16,18H,5-8,11H2,1-4H3,(H,27,34)(H,29,33)(H,30,31). The number of H-pyrrole nitrogens is 1. The van der Waals surface area contributed by atoms with Crippen LogP contribution in [-0.4, -0.2) is 71.6 Å². The fourth-order valence-electron chi connectivity index (χ4n) is 4.70. The molecule has 2 heterocycles. The van der Waals surface area contributed by atoms with Crippen LogP contribution < -0.4 is 15.4 Å². The molecule has 3 aromatic rings. The fourth-order valence-corrected chi connectivity index (χ4v) is 4.70. The van der Waals surface area contributed by atoms with Crippen molar-refractivity contribution in [3.05, 3.63) is 41.7 Å². The topological polar surface area (TPSA) is 129 Å². The van der Waals surface area contributed by atoms with Crippen LogP contribution in [0.2, 0.25) is 0 Å². The Hall–Kier alpha value is -3.95. The van der Waals surface area contributed by atoms with Crippen LogP contribution in [-0.2, 0) is 4.79 Å². The van der Waals surface area contributed by atoms with Gasteiger partial charge in [0.1, 0.15) is 5.56 Å². The molecule has 2 atom stereocenters. The van der Waals surface area contributed by atoms with Gasteiger partial charge >= 0.3 is 0 Å². The minimum atomic E-state index is -0.285. The zero-order chi connectivity index (χ0) is 25.8. The molecule has 1 aromatic carbocycles. The summed E-state index contributed by atoms with van der Waals surface area (Å²) in [5.41, 5.74) is 2.87. The summed E-state index contributed by atoms with van der Waals surface area (Å²) in [6.07, 6.45) is 4.81. The molecule has 3 amide bonds. The number of amides is 3. The minimum absolute atomic E-state index is 0.0823. The van der Waals surface area contributed by atoms with Crippen molar-refractivity contribution in [1.29, 1.82) is 0 Å². The molecule has 0 aliphatic heterocycles. The Bertz CT molecular complexity index is 1290. The molecule has 0 saturated heterocycles. The second-order valence-electron chi connectivity index (χ2n) is 9.08. The second kappa shape index (κ2) is 10.8. The van der Waals surface area contributed by atoms with E-state index in [9.17, 15) is 14.4 Å². The number of carbonyl (C=O) groups is 3. The molecule has 10 heteroatoms. The van der Waals surface area contributed by atoms with E-state index >= 15 is 0 Å². The van der Waals surface area contributed by atoms with E-state index in [-0.39, 0.29) is 35.6 Å². The molecule has 2 unspecified atom stereocenters. The number of aromatic amines is 1. The summed E-state index contributed by atoms with van der Waals surface area (Å²) in [6, 6.07) is 7.19. The first-order valence-electron chi connectivity index (χ1n) is 12.2. The summed E-state index contributed by atoms with van der Waals surface area (Å²) >= 11 is 0. The molecule has 4 rings (SSSR count). The quantitative estimate of drug-likeness (QED) is 0.465. The van der Waals surface area contributed by atoms with Crippen LogP contribution >= 0.6 is 0 Å². The highest BCUT2D eigenvalue weighted by atomic mass is 16.5. The Balaban J connectivity index is 1.56. The number of nitrogens with zero attached hydrogens (tertiary/aromatic N) is 3. The van der Waals surface area contributed by atoms with E-state index in [4.69, 9.17) is 4.74 Å². The molecule has 36 heavy (non-hydrogen) atoms. The van der Waals surface area contributed by atoms with Gasteiger partial charge in [-0.2, -0.15) is 5.10 Å². The van der Waals surface area contributed by atoms with Gasteiger partial charge in [0.05, 0.1) is 12.6 Å². The van der Waals surface area contributed by atoms with Gasteiger partial charge < -0.3 is 20.3 Å². The van der Waals surface area contributed by atoms with E-state index in [1.165, 1.54) is 7.11 Å². The number of aromatic nitrogens is 3. The summed E-state index contributed by atoms with van der Waals surface area (Å²) < 4.78 is 5.37. The lowest BCUT2D eigenvalue weighted by Gasteiger charge is -2.31. The van der Waals surface area contributed by atoms with Crippen LogP contribution in [0.5, 0.6) is 5.88 Å². The van der Waals surface area contributed by atoms with Gasteiger partial charge in [0.2, 0.25) is 11.8 Å². The smallest absolute Gasteiger partial charge is 0.272 e. The van der Waals surface area contributed by atoms with Crippen molar-refractivity contribution in [2.24, 2.45) is 5.92 Å². The number of pyridine rings is 1. The predicted octanol–water partition coefficient (Wildman–Crippen LogP) is 2.76. The van der Waals surface area contributed by atoms with Crippen molar-refractivity contribution in [3.8, 4) is 17.0 Å². The highest BCUT2D eigenvalue weighted by molar-refractivity contribution is 6.05. The third-order valence-corrected chi connectivity index (χ3v) is 6.84. The Morgan fingerprint density at radius 2 is 1.97 bits per heavy atom. The molecule has 0 bridgehead atoms. The third kappa shape index (κ3) is 5.02. The number of methoxy groups -OCH3 is 1. The molecule has 10 nitrogen and oxygen atoms in total. The maximum Gasteiger partial charge on any atom is 0.272 e. The van der Waals surface area contributed by atoms with E-state index in [1.54, 1.807) is 24.2 Å². The normalized spacial score (nSPS) is 17.4. The van der Waals surface area contributed by atoms with Crippen molar-refractivity contribution in [2.45, 2.75) is 38.6 Å². The van der Waals surface area contributed by atoms with Crippen molar-refractivity contribution >= 4 is 28.6 Å². The lowest BCUT2D eigenvalue weighted by Crippen LogP contribution is -2.43. The fraction of sp³-hybridized carbons (Fsp3) is 0.423. The number of hydrogen-bond donors (Lipinski definition) is 3. The zero-order valence-corrected chi connectivity index (χ0v) is 21.1. The largest absolute Gasteiger partial charge is 0.480 e. The molecule has 3 N–H and O–H groups in total. The first-order valence-corrected chi connectivity index (χ1v) is 12.2. The van der Waals surface area contributed by atoms with Crippen LogP contribution in [0.4, 0.5) is 0 Å². The summed E-state index contributed by atoms with van der Waals surface area (Å²) in [5, 5.41) is 13.4. The molecule has 1 aliphatic rings. The van der Waals surface area contributed by atoms with Gasteiger partial charge in [0, 0.05) is 49.7 Å². The molecular weight excluding hydrogens is 460 g/mol. The molecule has 0 radical (unpaired) electrons. The molecule has 1 aliphatic carbocycles. The van der Waals surface area contributed by atoms with Crippen LogP contribution in [0.25, 0.3) is 22.0 Å². The highest BCUT2D eigenvalue weighted by Crippen LogP contribution is 2.29. The van der Waals surface area contributed by atoms with E-state index in [1.807, 2.05) is 32.2 Å². The van der Waals surface area contributed by atoms with Crippen LogP contribution in [0.3, 0.4) is 0 Å². The summed E-state index contributed by atoms with van der Waals surface area (Å²) in [5.74, 6) is -0.276. The molecule has 2 aromatic heterocycles. The third-order valence-electron chi connectivity index (χ3n) is 6.84. The van der Waals surface area contributed by atoms with Crippen molar-refractivity contribution < 1.29 is 19.1 Å². The van der Waals surface area contributed by atoms with E-state index in [0.29, 0.717) is 35.1 Å². The van der Waals surface area contributed by atoms with Crippen molar-refractivity contribution in [3.63, 3.8) is 0 Å². The van der Waals surface area contributed by atoms with Crippen LogP contribution in [0.15, 0.2) is 30.5 Å². The van der Waals surface area contributed by atoms with Gasteiger partial charge in [-0.3, -0.25) is 19.5 Å². The molecule has 1 fully saturated rings. The number of ether oxygens (including phenoxy) is 1. The maximum atomic E-state index is 13.3. The maximum absolute atomic E-state index is 13.3. The Labute approximate surface area is 209 Å². The van der Waals surface area contributed by atoms with Crippen LogP contribution in [0.1, 0.15) is 53.5 Å². The molecule has 0 spiro atoms. The van der Waals surface area contributed by atoms with Gasteiger partial charge in [-0.1, -0.05) is 12.5 Å². The average Bonchev–Trinajstić information content (AvgIpc) is 3.34. The minimum Gasteiger partial charge on any atom is -0.480 e. The van der Waals surface area contributed by atoms with Gasteiger partial charge in [0.15, 0.2) is 5.69 Å². The van der Waals surface area contributed by atoms with E-state index < -0.39 is 0 Å². The molecule has 1 saturated carbocycles. The lowest BCUT2D eigenvalue weighted by molar-refractivity contribution is -0.135. The summed E-state index contributed by atoms with van der Waals surface area (Å²) in [4.78, 5) is 44.0. The number of fused-ring (bicyclic) bond motifs is 1. The summed E-state index contributed by atoms with van der Waals surface area (Å²) in [7, 11) is 4.85. The van der Waals surface area contributed by atoms with Gasteiger partial charge in [-0.05, 0) is 49.9 Å². The van der Waals surface area contributed by atoms with Gasteiger partial charge in [-0.25, -0.2) is 4.98 Å². The van der Waals surface area contributed by atoms with Crippen LogP contribution in [0, 0.1) is 5.92 Å². The Morgan fingerprint density at radius 1 is 1.17 bits per heavy atom. The second-order valence-corrected chi connectivity index (χ2v) is 9.08. The Morgan fingerprint density at radius 3 is 2.69 bits per heavy atom. The Kier molecular flexibility index (Phi) is 7.52. The van der Waals surface area contributed by atoms with Gasteiger partial charge in [0.25, 0.3) is 11.8 Å². The number of benzene rings is 1. The van der Waals surface area contributed by atoms with Crippen molar-refractivity contribution in [1.82, 2.24) is 30.7 Å². The number of nitrogens with one attached hydrogen (secondary N) is 3.